The Labute approximate surface area is 127 Å². The molecule has 0 spiro atoms. The summed E-state index contributed by atoms with van der Waals surface area (Å²) in [6, 6.07) is 9.01. The minimum Gasteiger partial charge on any atom is -0.338 e. The van der Waals surface area contributed by atoms with E-state index in [-0.39, 0.29) is 5.92 Å². The number of nitrogens with zero attached hydrogens (tertiary/aromatic N) is 1. The predicted octanol–water partition coefficient (Wildman–Crippen LogP) is 2.39. The van der Waals surface area contributed by atoms with E-state index in [4.69, 9.17) is 0 Å². The van der Waals surface area contributed by atoms with E-state index < -0.39 is 0 Å². The van der Waals surface area contributed by atoms with Gasteiger partial charge in [0.2, 0.25) is 5.91 Å². The molecule has 1 aromatic carbocycles. The predicted molar refractivity (Wildman–Crippen MR) is 85.2 cm³/mol. The quantitative estimate of drug-likeness (QED) is 0.922. The Balaban J connectivity index is 1.71. The van der Waals surface area contributed by atoms with Crippen molar-refractivity contribution in [3.63, 3.8) is 0 Å². The second kappa shape index (κ2) is 6.61. The molecule has 114 valence electrons. The van der Waals surface area contributed by atoms with Crippen molar-refractivity contribution in [3.05, 3.63) is 35.4 Å². The van der Waals surface area contributed by atoms with Crippen LogP contribution in [0, 0.1) is 5.92 Å². The van der Waals surface area contributed by atoms with Gasteiger partial charge in [-0.3, -0.25) is 4.79 Å². The van der Waals surface area contributed by atoms with Crippen LogP contribution in [-0.2, 0) is 17.6 Å². The van der Waals surface area contributed by atoms with Crippen LogP contribution < -0.4 is 5.32 Å². The fourth-order valence-corrected chi connectivity index (χ4v) is 3.76. The number of rotatable bonds is 4. The lowest BCUT2D eigenvalue weighted by atomic mass is 9.83. The van der Waals surface area contributed by atoms with Crippen molar-refractivity contribution in [1.82, 2.24) is 10.2 Å². The number of amides is 1. The molecule has 2 aliphatic rings. The van der Waals surface area contributed by atoms with Crippen LogP contribution in [0.3, 0.4) is 0 Å². The maximum Gasteiger partial charge on any atom is 0.226 e. The first kappa shape index (κ1) is 14.6. The van der Waals surface area contributed by atoms with E-state index in [0.29, 0.717) is 11.9 Å². The molecular formula is C18H26N2O. The van der Waals surface area contributed by atoms with Gasteiger partial charge in [-0.1, -0.05) is 31.2 Å². The van der Waals surface area contributed by atoms with Gasteiger partial charge in [-0.25, -0.2) is 0 Å². The summed E-state index contributed by atoms with van der Waals surface area (Å²) in [7, 11) is 0. The number of carbonyl (C=O) groups excluding carboxylic acids is 1. The zero-order valence-electron chi connectivity index (χ0n) is 13.0. The van der Waals surface area contributed by atoms with Crippen molar-refractivity contribution in [2.24, 2.45) is 5.92 Å². The Morgan fingerprint density at radius 3 is 2.81 bits per heavy atom. The second-order valence-corrected chi connectivity index (χ2v) is 6.39. The minimum absolute atomic E-state index is 0.187. The maximum atomic E-state index is 13.0. The van der Waals surface area contributed by atoms with E-state index in [1.807, 2.05) is 0 Å². The van der Waals surface area contributed by atoms with Gasteiger partial charge in [0.05, 0.1) is 0 Å². The average molecular weight is 286 g/mol. The summed E-state index contributed by atoms with van der Waals surface area (Å²) < 4.78 is 0. The van der Waals surface area contributed by atoms with Gasteiger partial charge >= 0.3 is 0 Å². The highest BCUT2D eigenvalue weighted by Crippen LogP contribution is 2.27. The molecule has 1 aliphatic carbocycles. The molecule has 21 heavy (non-hydrogen) atoms. The Bertz CT molecular complexity index is 494. The molecule has 1 fully saturated rings. The first-order chi connectivity index (χ1) is 10.3. The SMILES string of the molecule is CCCN(C(=O)C1CCc2ccccc2C1)C1CCNC1. The van der Waals surface area contributed by atoms with Crippen molar-refractivity contribution in [2.75, 3.05) is 19.6 Å². The molecule has 1 saturated heterocycles. The van der Waals surface area contributed by atoms with E-state index in [0.717, 1.165) is 51.7 Å². The van der Waals surface area contributed by atoms with E-state index in [1.54, 1.807) is 0 Å². The molecule has 2 unspecified atom stereocenters. The normalized spacial score (nSPS) is 24.6. The Morgan fingerprint density at radius 1 is 1.29 bits per heavy atom. The number of aryl methyl sites for hydroxylation is 1. The largest absolute Gasteiger partial charge is 0.338 e. The first-order valence-corrected chi connectivity index (χ1v) is 8.37. The van der Waals surface area contributed by atoms with Crippen molar-refractivity contribution in [3.8, 4) is 0 Å². The molecule has 0 radical (unpaired) electrons. The Hall–Kier alpha value is -1.35. The van der Waals surface area contributed by atoms with Crippen molar-refractivity contribution in [1.29, 1.82) is 0 Å². The lowest BCUT2D eigenvalue weighted by Crippen LogP contribution is -2.46. The molecule has 1 aliphatic heterocycles. The number of benzene rings is 1. The van der Waals surface area contributed by atoms with Gasteiger partial charge in [0.1, 0.15) is 0 Å². The van der Waals surface area contributed by atoms with Crippen LogP contribution in [0.5, 0.6) is 0 Å². The van der Waals surface area contributed by atoms with Gasteiger partial charge in [-0.15, -0.1) is 0 Å². The Morgan fingerprint density at radius 2 is 2.10 bits per heavy atom. The van der Waals surface area contributed by atoms with Gasteiger partial charge in [-0.05, 0) is 49.8 Å². The number of fused-ring (bicyclic) bond motifs is 1. The molecule has 0 bridgehead atoms. The van der Waals surface area contributed by atoms with Crippen LogP contribution in [0.2, 0.25) is 0 Å². The highest BCUT2D eigenvalue weighted by atomic mass is 16.2. The van der Waals surface area contributed by atoms with Crippen LogP contribution >= 0.6 is 0 Å². The molecule has 2 atom stereocenters. The van der Waals surface area contributed by atoms with E-state index in [2.05, 4.69) is 41.4 Å². The molecule has 3 nitrogen and oxygen atoms in total. The molecule has 1 amide bonds. The van der Waals surface area contributed by atoms with Crippen molar-refractivity contribution in [2.45, 2.75) is 45.1 Å². The number of hydrogen-bond donors (Lipinski definition) is 1. The summed E-state index contributed by atoms with van der Waals surface area (Å²) in [6.07, 6.45) is 5.14. The van der Waals surface area contributed by atoms with Crippen LogP contribution in [0.25, 0.3) is 0 Å². The van der Waals surface area contributed by atoms with Crippen molar-refractivity contribution >= 4 is 5.91 Å². The van der Waals surface area contributed by atoms with Crippen LogP contribution in [0.4, 0.5) is 0 Å². The minimum atomic E-state index is 0.187. The summed E-state index contributed by atoms with van der Waals surface area (Å²) in [4.78, 5) is 15.1. The topological polar surface area (TPSA) is 32.3 Å². The zero-order valence-corrected chi connectivity index (χ0v) is 13.0. The summed E-state index contributed by atoms with van der Waals surface area (Å²) in [6.45, 7) is 5.09. The molecule has 3 heteroatoms. The number of carbonyl (C=O) groups is 1. The summed E-state index contributed by atoms with van der Waals surface area (Å²) >= 11 is 0. The van der Waals surface area contributed by atoms with Gasteiger partial charge in [0.15, 0.2) is 0 Å². The fourth-order valence-electron chi connectivity index (χ4n) is 3.76. The van der Waals surface area contributed by atoms with Crippen LogP contribution in [0.1, 0.15) is 37.3 Å². The van der Waals surface area contributed by atoms with Gasteiger partial charge < -0.3 is 10.2 Å². The number of nitrogens with one attached hydrogen (secondary N) is 1. The smallest absolute Gasteiger partial charge is 0.226 e. The average Bonchev–Trinajstić information content (AvgIpc) is 3.05. The Kier molecular flexibility index (Phi) is 4.59. The van der Waals surface area contributed by atoms with Gasteiger partial charge in [0, 0.05) is 25.0 Å². The van der Waals surface area contributed by atoms with Crippen LogP contribution in [-0.4, -0.2) is 36.5 Å². The fraction of sp³-hybridized carbons (Fsp3) is 0.611. The third kappa shape index (κ3) is 3.13. The van der Waals surface area contributed by atoms with Gasteiger partial charge in [0.25, 0.3) is 0 Å². The third-order valence-corrected chi connectivity index (χ3v) is 4.92. The molecular weight excluding hydrogens is 260 g/mol. The zero-order chi connectivity index (χ0) is 14.7. The molecule has 0 saturated carbocycles. The third-order valence-electron chi connectivity index (χ3n) is 4.92. The standard InChI is InChI=1S/C18H26N2O/c1-2-11-20(17-9-10-19-13-17)18(21)16-8-7-14-5-3-4-6-15(14)12-16/h3-6,16-17,19H,2,7-13H2,1H3. The summed E-state index contributed by atoms with van der Waals surface area (Å²) in [5.41, 5.74) is 2.81. The molecule has 1 aromatic rings. The molecule has 1 N–H and O–H groups in total. The van der Waals surface area contributed by atoms with E-state index in [9.17, 15) is 4.79 Å². The van der Waals surface area contributed by atoms with E-state index >= 15 is 0 Å². The lowest BCUT2D eigenvalue weighted by Gasteiger charge is -2.33. The van der Waals surface area contributed by atoms with E-state index in [1.165, 1.54) is 11.1 Å². The van der Waals surface area contributed by atoms with Gasteiger partial charge in [-0.2, -0.15) is 0 Å². The monoisotopic (exact) mass is 286 g/mol. The molecule has 1 heterocycles. The highest BCUT2D eigenvalue weighted by Gasteiger charge is 2.32. The lowest BCUT2D eigenvalue weighted by molar-refractivity contribution is -0.138. The summed E-state index contributed by atoms with van der Waals surface area (Å²) in [5.74, 6) is 0.576. The van der Waals surface area contributed by atoms with Crippen molar-refractivity contribution < 1.29 is 4.79 Å². The molecule has 0 aromatic heterocycles. The summed E-state index contributed by atoms with van der Waals surface area (Å²) in [5, 5.41) is 3.39. The number of hydrogen-bond acceptors (Lipinski definition) is 2. The maximum absolute atomic E-state index is 13.0. The molecule has 3 rings (SSSR count). The first-order valence-electron chi connectivity index (χ1n) is 8.37. The highest BCUT2D eigenvalue weighted by molar-refractivity contribution is 5.80. The second-order valence-electron chi connectivity index (χ2n) is 6.39. The van der Waals surface area contributed by atoms with Crippen LogP contribution in [0.15, 0.2) is 24.3 Å².